The van der Waals surface area contributed by atoms with E-state index in [2.05, 4.69) is 10.3 Å². The van der Waals surface area contributed by atoms with E-state index < -0.39 is 12.1 Å². The Morgan fingerprint density at radius 1 is 1.30 bits per heavy atom. The minimum Gasteiger partial charge on any atom is -0.448 e. The fourth-order valence-electron chi connectivity index (χ4n) is 1.80. The van der Waals surface area contributed by atoms with Gasteiger partial charge in [0.15, 0.2) is 11.8 Å². The second-order valence-electron chi connectivity index (χ2n) is 5.26. The van der Waals surface area contributed by atoms with Gasteiger partial charge in [0.25, 0.3) is 5.91 Å². The Labute approximate surface area is 143 Å². The molecule has 1 aromatic carbocycles. The third-order valence-corrected chi connectivity index (χ3v) is 4.00. The van der Waals surface area contributed by atoms with E-state index in [1.807, 2.05) is 26.0 Å². The monoisotopic (exact) mass is 352 g/mol. The van der Waals surface area contributed by atoms with Gasteiger partial charge in [-0.15, -0.1) is 11.3 Å². The molecule has 1 unspecified atom stereocenters. The van der Waals surface area contributed by atoms with Crippen molar-refractivity contribution in [3.05, 3.63) is 40.4 Å². The lowest BCUT2D eigenvalue weighted by Crippen LogP contribution is -2.39. The summed E-state index contributed by atoms with van der Waals surface area (Å²) in [6, 6.07) is 7.20. The van der Waals surface area contributed by atoms with Gasteiger partial charge in [-0.05, 0) is 32.9 Å². The Morgan fingerprint density at radius 2 is 2.04 bits per heavy atom. The molecule has 0 bridgehead atoms. The van der Waals surface area contributed by atoms with Crippen molar-refractivity contribution in [2.45, 2.75) is 32.9 Å². The number of rotatable bonds is 5. The molecule has 1 N–H and O–H groups in total. The molecule has 0 aliphatic heterocycles. The van der Waals surface area contributed by atoms with Crippen LogP contribution in [-0.4, -0.2) is 29.0 Å². The number of thiazole rings is 1. The van der Waals surface area contributed by atoms with E-state index in [0.717, 1.165) is 5.56 Å². The van der Waals surface area contributed by atoms with Crippen LogP contribution in [0.4, 0.5) is 0 Å². The second kappa shape index (κ2) is 7.57. The van der Waals surface area contributed by atoms with Crippen LogP contribution in [0.5, 0.6) is 0 Å². The summed E-state index contributed by atoms with van der Waals surface area (Å²) in [7, 11) is 0. The third-order valence-electron chi connectivity index (χ3n) is 2.87. The number of nitrogens with zero attached hydrogens (tertiary/aromatic N) is 1. The van der Waals surface area contributed by atoms with Crippen LogP contribution >= 0.6 is 22.9 Å². The van der Waals surface area contributed by atoms with E-state index in [-0.39, 0.29) is 17.6 Å². The first-order valence-electron chi connectivity index (χ1n) is 7.09. The molecule has 0 aliphatic rings. The van der Waals surface area contributed by atoms with Crippen molar-refractivity contribution >= 4 is 34.8 Å². The fourth-order valence-corrected chi connectivity index (χ4v) is 2.77. The zero-order chi connectivity index (χ0) is 17.0. The maximum absolute atomic E-state index is 12.1. The van der Waals surface area contributed by atoms with Crippen LogP contribution in [0.1, 0.15) is 31.3 Å². The van der Waals surface area contributed by atoms with Gasteiger partial charge in [-0.25, -0.2) is 9.78 Å². The van der Waals surface area contributed by atoms with Gasteiger partial charge in [0, 0.05) is 22.0 Å². The van der Waals surface area contributed by atoms with Crippen LogP contribution in [0.2, 0.25) is 5.02 Å². The van der Waals surface area contributed by atoms with Gasteiger partial charge < -0.3 is 10.1 Å². The topological polar surface area (TPSA) is 68.3 Å². The van der Waals surface area contributed by atoms with Crippen LogP contribution in [-0.2, 0) is 9.53 Å². The standard InChI is InChI=1S/C16H17ClN2O3S/c1-9(2)18-14(20)10(3)22-16(21)13-8-23-15(19-13)11-5-4-6-12(17)7-11/h4-10H,1-3H3,(H,18,20). The molecule has 1 aromatic heterocycles. The minimum absolute atomic E-state index is 0.0163. The van der Waals surface area contributed by atoms with Crippen molar-refractivity contribution in [1.29, 1.82) is 0 Å². The number of benzene rings is 1. The summed E-state index contributed by atoms with van der Waals surface area (Å²) in [4.78, 5) is 28.1. The highest BCUT2D eigenvalue weighted by Crippen LogP contribution is 2.26. The molecule has 0 saturated carbocycles. The van der Waals surface area contributed by atoms with Crippen LogP contribution in [0, 0.1) is 0 Å². The Hall–Kier alpha value is -1.92. The predicted octanol–water partition coefficient (Wildman–Crippen LogP) is 3.53. The molecule has 2 rings (SSSR count). The maximum Gasteiger partial charge on any atom is 0.358 e. The van der Waals surface area contributed by atoms with Crippen LogP contribution in [0.25, 0.3) is 10.6 Å². The number of esters is 1. The lowest BCUT2D eigenvalue weighted by Gasteiger charge is -2.14. The zero-order valence-corrected chi connectivity index (χ0v) is 14.6. The van der Waals surface area contributed by atoms with Gasteiger partial charge in [-0.1, -0.05) is 23.7 Å². The fraction of sp³-hybridized carbons (Fsp3) is 0.312. The first kappa shape index (κ1) is 17.4. The number of halogens is 1. The molecule has 5 nitrogen and oxygen atoms in total. The molecule has 0 spiro atoms. The van der Waals surface area contributed by atoms with E-state index in [1.165, 1.54) is 18.3 Å². The first-order valence-corrected chi connectivity index (χ1v) is 8.35. The molecule has 23 heavy (non-hydrogen) atoms. The minimum atomic E-state index is -0.874. The van der Waals surface area contributed by atoms with Crippen molar-refractivity contribution in [1.82, 2.24) is 10.3 Å². The molecule has 1 atom stereocenters. The lowest BCUT2D eigenvalue weighted by atomic mass is 10.2. The van der Waals surface area contributed by atoms with Crippen molar-refractivity contribution in [3.8, 4) is 10.6 Å². The summed E-state index contributed by atoms with van der Waals surface area (Å²) >= 11 is 7.26. The molecular formula is C16H17ClN2O3S. The molecule has 0 fully saturated rings. The summed E-state index contributed by atoms with van der Waals surface area (Å²) < 4.78 is 5.14. The van der Waals surface area contributed by atoms with Crippen molar-refractivity contribution in [3.63, 3.8) is 0 Å². The predicted molar refractivity (Wildman–Crippen MR) is 90.7 cm³/mol. The largest absolute Gasteiger partial charge is 0.448 e. The third kappa shape index (κ3) is 4.77. The highest BCUT2D eigenvalue weighted by molar-refractivity contribution is 7.13. The number of aromatic nitrogens is 1. The second-order valence-corrected chi connectivity index (χ2v) is 6.55. The Balaban J connectivity index is 2.05. The van der Waals surface area contributed by atoms with Crippen molar-refractivity contribution in [2.75, 3.05) is 0 Å². The van der Waals surface area contributed by atoms with Crippen molar-refractivity contribution in [2.24, 2.45) is 0 Å². The number of hydrogen-bond donors (Lipinski definition) is 1. The number of hydrogen-bond acceptors (Lipinski definition) is 5. The smallest absolute Gasteiger partial charge is 0.358 e. The molecule has 0 aliphatic carbocycles. The molecule has 1 heterocycles. The average molecular weight is 353 g/mol. The number of nitrogens with one attached hydrogen (secondary N) is 1. The molecule has 1 amide bonds. The Bertz CT molecular complexity index is 715. The number of carbonyl (C=O) groups is 2. The van der Waals surface area contributed by atoms with Crippen molar-refractivity contribution < 1.29 is 14.3 Å². The van der Waals surface area contributed by atoms with Crippen LogP contribution in [0.3, 0.4) is 0 Å². The van der Waals surface area contributed by atoms with E-state index in [1.54, 1.807) is 17.5 Å². The van der Waals surface area contributed by atoms with E-state index >= 15 is 0 Å². The molecule has 122 valence electrons. The molecule has 0 saturated heterocycles. The van der Waals surface area contributed by atoms with E-state index in [4.69, 9.17) is 16.3 Å². The lowest BCUT2D eigenvalue weighted by molar-refractivity contribution is -0.129. The molecular weight excluding hydrogens is 336 g/mol. The average Bonchev–Trinajstić information content (AvgIpc) is 2.96. The SMILES string of the molecule is CC(C)NC(=O)C(C)OC(=O)c1csc(-c2cccc(Cl)c2)n1. The van der Waals surface area contributed by atoms with Gasteiger partial charge in [-0.3, -0.25) is 4.79 Å². The number of ether oxygens (including phenoxy) is 1. The van der Waals surface area contributed by atoms with Gasteiger partial charge in [0.2, 0.25) is 0 Å². The number of carbonyl (C=O) groups excluding carboxylic acids is 2. The quantitative estimate of drug-likeness (QED) is 0.836. The zero-order valence-electron chi connectivity index (χ0n) is 13.0. The number of amides is 1. The van der Waals surface area contributed by atoms with Crippen LogP contribution < -0.4 is 5.32 Å². The maximum atomic E-state index is 12.1. The van der Waals surface area contributed by atoms with E-state index in [0.29, 0.717) is 10.0 Å². The summed E-state index contributed by atoms with van der Waals surface area (Å²) in [5.74, 6) is -0.959. The van der Waals surface area contributed by atoms with E-state index in [9.17, 15) is 9.59 Å². The van der Waals surface area contributed by atoms with Gasteiger partial charge in [0.1, 0.15) is 5.01 Å². The van der Waals surface area contributed by atoms with Gasteiger partial charge in [-0.2, -0.15) is 0 Å². The first-order chi connectivity index (χ1) is 10.9. The Kier molecular flexibility index (Phi) is 5.74. The highest BCUT2D eigenvalue weighted by atomic mass is 35.5. The molecule has 7 heteroatoms. The van der Waals surface area contributed by atoms with Gasteiger partial charge in [0.05, 0.1) is 0 Å². The summed E-state index contributed by atoms with van der Waals surface area (Å²) in [5.41, 5.74) is 1.00. The molecule has 0 radical (unpaired) electrons. The highest BCUT2D eigenvalue weighted by Gasteiger charge is 2.21. The molecule has 2 aromatic rings. The van der Waals surface area contributed by atoms with Crippen LogP contribution in [0.15, 0.2) is 29.6 Å². The summed E-state index contributed by atoms with van der Waals surface area (Å²) in [5, 5.41) is 5.55. The normalized spacial score (nSPS) is 12.0. The summed E-state index contributed by atoms with van der Waals surface area (Å²) in [6.45, 7) is 5.20. The Morgan fingerprint density at radius 3 is 2.70 bits per heavy atom. The summed E-state index contributed by atoms with van der Waals surface area (Å²) in [6.07, 6.45) is -0.874. The van der Waals surface area contributed by atoms with Gasteiger partial charge >= 0.3 is 5.97 Å².